The second-order valence-electron chi connectivity index (χ2n) is 11.6. The lowest BCUT2D eigenvalue weighted by Crippen LogP contribution is -2.50. The fourth-order valence-corrected chi connectivity index (χ4v) is 5.07. The first-order chi connectivity index (χ1) is 19.9. The molecule has 1 aromatic heterocycles. The van der Waals surface area contributed by atoms with Gasteiger partial charge < -0.3 is 10.2 Å². The van der Waals surface area contributed by atoms with Gasteiger partial charge in [0.25, 0.3) is 0 Å². The molecule has 4 rings (SSSR count). The Balaban J connectivity index is 1.64. The van der Waals surface area contributed by atoms with E-state index in [9.17, 15) is 35.9 Å². The Labute approximate surface area is 245 Å². The first kappa shape index (κ1) is 32.0. The van der Waals surface area contributed by atoms with E-state index in [-0.39, 0.29) is 49.1 Å². The van der Waals surface area contributed by atoms with Gasteiger partial charge in [-0.15, -0.1) is 0 Å². The molecule has 12 heteroatoms. The molecule has 1 aliphatic heterocycles. The summed E-state index contributed by atoms with van der Waals surface area (Å²) in [6.45, 7) is 7.30. The monoisotopic (exact) mass is 606 g/mol. The summed E-state index contributed by atoms with van der Waals surface area (Å²) in [5.41, 5.74) is 0.234. The van der Waals surface area contributed by atoms with Crippen LogP contribution in [0.2, 0.25) is 0 Å². The molecule has 6 nitrogen and oxygen atoms in total. The van der Waals surface area contributed by atoms with E-state index in [1.165, 1.54) is 13.0 Å². The Kier molecular flexibility index (Phi) is 8.90. The third-order valence-corrected chi connectivity index (χ3v) is 6.98. The molecule has 1 aliphatic rings. The number of fused-ring (bicyclic) bond motifs is 1. The molecule has 3 aromatic rings. The number of hydrogen-bond acceptors (Lipinski definition) is 4. The summed E-state index contributed by atoms with van der Waals surface area (Å²) in [6, 6.07) is 8.63. The Hall–Kier alpha value is -3.96. The van der Waals surface area contributed by atoms with Gasteiger partial charge in [0.2, 0.25) is 0 Å². The van der Waals surface area contributed by atoms with Crippen LogP contribution in [0.4, 0.5) is 31.1 Å². The highest BCUT2D eigenvalue weighted by molar-refractivity contribution is 5.99. The molecule has 2 heterocycles. The number of ketones is 1. The number of halogens is 6. The van der Waals surface area contributed by atoms with Gasteiger partial charge in [0.1, 0.15) is 11.5 Å². The molecule has 0 bridgehead atoms. The zero-order valence-corrected chi connectivity index (χ0v) is 24.2. The lowest BCUT2D eigenvalue weighted by Gasteiger charge is -2.34. The van der Waals surface area contributed by atoms with Crippen LogP contribution in [0.25, 0.3) is 11.1 Å². The number of nitrogens with one attached hydrogen (secondary N) is 1. The van der Waals surface area contributed by atoms with Gasteiger partial charge in [0, 0.05) is 42.7 Å². The predicted octanol–water partition coefficient (Wildman–Crippen LogP) is 7.56. The van der Waals surface area contributed by atoms with Crippen LogP contribution >= 0.6 is 0 Å². The van der Waals surface area contributed by atoms with Crippen molar-refractivity contribution in [1.29, 1.82) is 0 Å². The normalized spacial score (nSPS) is 14.0. The topological polar surface area (TPSA) is 75.2 Å². The van der Waals surface area contributed by atoms with Crippen LogP contribution in [0.3, 0.4) is 0 Å². The van der Waals surface area contributed by atoms with E-state index >= 15 is 0 Å². The number of hydrogen-bond donors (Lipinski definition) is 1. The van der Waals surface area contributed by atoms with Crippen molar-refractivity contribution in [3.05, 3.63) is 81.9 Å². The maximum Gasteiger partial charge on any atom is 0.433 e. The van der Waals surface area contributed by atoms with Crippen LogP contribution in [-0.4, -0.2) is 38.8 Å². The lowest BCUT2D eigenvalue weighted by molar-refractivity contribution is -0.141. The molecule has 2 aromatic carbocycles. The summed E-state index contributed by atoms with van der Waals surface area (Å²) in [7, 11) is 0. The summed E-state index contributed by atoms with van der Waals surface area (Å²) in [5.74, 6) is -0.319. The molecule has 0 saturated carbocycles. The molecule has 0 saturated heterocycles. The second kappa shape index (κ2) is 12.0. The Bertz CT molecular complexity index is 1530. The average molecular weight is 607 g/mol. The maximum absolute atomic E-state index is 13.5. The Morgan fingerprint density at radius 3 is 2.30 bits per heavy atom. The number of carbonyl (C=O) groups is 2. The number of Topliss-reactive ketones (excluding diaryl/α,β-unsaturated/α-hetero) is 1. The number of amides is 2. The SMILES string of the molecule is Cc1cc(C(F)(F)F)nc(CCCC(=O)c2ccc(-c3cccc(C(F)(F)F)c3)c3c2CN(C(=O)NC(C)(C)C)CC3)n1. The van der Waals surface area contributed by atoms with Crippen molar-refractivity contribution in [2.45, 2.75) is 77.8 Å². The quantitative estimate of drug-likeness (QED) is 0.232. The Morgan fingerprint density at radius 2 is 1.65 bits per heavy atom. The summed E-state index contributed by atoms with van der Waals surface area (Å²) in [5, 5.41) is 2.89. The molecule has 1 N–H and O–H groups in total. The van der Waals surface area contributed by atoms with Gasteiger partial charge in [-0.1, -0.05) is 24.3 Å². The van der Waals surface area contributed by atoms with Crippen molar-refractivity contribution < 1.29 is 35.9 Å². The van der Waals surface area contributed by atoms with Crippen LogP contribution < -0.4 is 5.32 Å². The van der Waals surface area contributed by atoms with E-state index in [0.717, 1.165) is 18.2 Å². The van der Waals surface area contributed by atoms with E-state index in [0.29, 0.717) is 40.8 Å². The summed E-state index contributed by atoms with van der Waals surface area (Å²) in [6.07, 6.45) is -8.64. The zero-order chi connectivity index (χ0) is 31.7. The number of benzene rings is 2. The van der Waals surface area contributed by atoms with Crippen molar-refractivity contribution in [3.8, 4) is 11.1 Å². The van der Waals surface area contributed by atoms with Crippen molar-refractivity contribution in [3.63, 3.8) is 0 Å². The molecular weight excluding hydrogens is 574 g/mol. The molecule has 230 valence electrons. The summed E-state index contributed by atoms with van der Waals surface area (Å²) < 4.78 is 79.8. The van der Waals surface area contributed by atoms with Gasteiger partial charge in [0.15, 0.2) is 5.78 Å². The standard InChI is InChI=1S/C31H32F6N4O2/c1-18-15-26(31(35,36)37)39-27(38-18)10-6-9-25(42)23-12-11-21(19-7-5-8-20(16-19)30(32,33)34)22-13-14-41(17-24(22)23)28(43)40-29(2,3)4/h5,7-8,11-12,15-16H,6,9-10,13-14,17H2,1-4H3,(H,40,43). The first-order valence-corrected chi connectivity index (χ1v) is 13.8. The van der Waals surface area contributed by atoms with Crippen LogP contribution in [0.1, 0.15) is 77.9 Å². The molecule has 0 spiro atoms. The van der Waals surface area contributed by atoms with Gasteiger partial charge in [0.05, 0.1) is 5.56 Å². The van der Waals surface area contributed by atoms with Crippen LogP contribution in [0.15, 0.2) is 42.5 Å². The highest BCUT2D eigenvalue weighted by atomic mass is 19.4. The maximum atomic E-state index is 13.5. The number of urea groups is 1. The number of rotatable bonds is 6. The van der Waals surface area contributed by atoms with Crippen LogP contribution in [-0.2, 0) is 31.7 Å². The first-order valence-electron chi connectivity index (χ1n) is 13.8. The molecule has 0 radical (unpaired) electrons. The summed E-state index contributed by atoms with van der Waals surface area (Å²) >= 11 is 0. The van der Waals surface area contributed by atoms with Crippen LogP contribution in [0.5, 0.6) is 0 Å². The molecule has 2 amide bonds. The van der Waals surface area contributed by atoms with Gasteiger partial charge >= 0.3 is 18.4 Å². The van der Waals surface area contributed by atoms with Gasteiger partial charge in [-0.2, -0.15) is 26.3 Å². The largest absolute Gasteiger partial charge is 0.433 e. The van der Waals surface area contributed by atoms with Crippen LogP contribution in [0, 0.1) is 6.92 Å². The molecule has 0 aliphatic carbocycles. The van der Waals surface area contributed by atoms with Crippen molar-refractivity contribution >= 4 is 11.8 Å². The van der Waals surface area contributed by atoms with E-state index in [4.69, 9.17) is 0 Å². The fourth-order valence-electron chi connectivity index (χ4n) is 5.07. The lowest BCUT2D eigenvalue weighted by atomic mass is 9.85. The van der Waals surface area contributed by atoms with Gasteiger partial charge in [-0.3, -0.25) is 4.79 Å². The molecule has 0 unspecified atom stereocenters. The Morgan fingerprint density at radius 1 is 0.930 bits per heavy atom. The van der Waals surface area contributed by atoms with E-state index in [1.54, 1.807) is 23.1 Å². The number of carbonyl (C=O) groups excluding carboxylic acids is 2. The minimum atomic E-state index is -4.62. The number of alkyl halides is 6. The number of nitrogens with zero attached hydrogens (tertiary/aromatic N) is 3. The summed E-state index contributed by atoms with van der Waals surface area (Å²) in [4.78, 5) is 35.6. The predicted molar refractivity (Wildman–Crippen MR) is 148 cm³/mol. The molecule has 43 heavy (non-hydrogen) atoms. The second-order valence-corrected chi connectivity index (χ2v) is 11.6. The number of aryl methyl sites for hydroxylation is 2. The molecule has 0 fully saturated rings. The minimum absolute atomic E-state index is 0.0212. The molecule has 0 atom stereocenters. The van der Waals surface area contributed by atoms with Crippen molar-refractivity contribution in [2.75, 3.05) is 6.54 Å². The molecular formula is C31H32F6N4O2. The number of aromatic nitrogens is 2. The van der Waals surface area contributed by atoms with Crippen molar-refractivity contribution in [1.82, 2.24) is 20.2 Å². The van der Waals surface area contributed by atoms with Crippen molar-refractivity contribution in [2.24, 2.45) is 0 Å². The van der Waals surface area contributed by atoms with E-state index in [2.05, 4.69) is 15.3 Å². The average Bonchev–Trinajstić information content (AvgIpc) is 2.90. The van der Waals surface area contributed by atoms with Gasteiger partial charge in [-0.05, 0) is 81.0 Å². The van der Waals surface area contributed by atoms with Gasteiger partial charge in [-0.25, -0.2) is 14.8 Å². The zero-order valence-electron chi connectivity index (χ0n) is 24.2. The fraction of sp³-hybridized carbons (Fsp3) is 0.419. The smallest absolute Gasteiger partial charge is 0.333 e. The van der Waals surface area contributed by atoms with E-state index in [1.807, 2.05) is 20.8 Å². The highest BCUT2D eigenvalue weighted by Gasteiger charge is 2.34. The third-order valence-electron chi connectivity index (χ3n) is 6.98. The van der Waals surface area contributed by atoms with E-state index < -0.39 is 29.1 Å². The highest BCUT2D eigenvalue weighted by Crippen LogP contribution is 2.37. The third kappa shape index (κ3) is 7.91. The minimum Gasteiger partial charge on any atom is -0.333 e.